The van der Waals surface area contributed by atoms with Crippen LogP contribution in [-0.4, -0.2) is 57.7 Å². The highest BCUT2D eigenvalue weighted by Crippen LogP contribution is 2.22. The van der Waals surface area contributed by atoms with E-state index in [4.69, 9.17) is 14.6 Å². The zero-order valence-corrected chi connectivity index (χ0v) is 10.7. The van der Waals surface area contributed by atoms with Crippen LogP contribution in [0.1, 0.15) is 5.56 Å². The van der Waals surface area contributed by atoms with Gasteiger partial charge in [-0.3, -0.25) is 0 Å². The summed E-state index contributed by atoms with van der Waals surface area (Å²) in [5.41, 5.74) is 0.900. The zero-order chi connectivity index (χ0) is 14.5. The van der Waals surface area contributed by atoms with Gasteiger partial charge < -0.3 is 29.9 Å². The summed E-state index contributed by atoms with van der Waals surface area (Å²) >= 11 is 0. The average molecular weight is 282 g/mol. The number of ether oxygens (including phenoxy) is 2. The number of benzene rings is 1. The second kappa shape index (κ2) is 6.83. The van der Waals surface area contributed by atoms with E-state index in [2.05, 4.69) is 0 Å². The van der Waals surface area contributed by atoms with Gasteiger partial charge in [0.15, 0.2) is 0 Å². The van der Waals surface area contributed by atoms with E-state index in [-0.39, 0.29) is 0 Å². The predicted molar refractivity (Wildman–Crippen MR) is 70.3 cm³/mol. The van der Waals surface area contributed by atoms with Crippen molar-refractivity contribution in [2.45, 2.75) is 30.7 Å². The SMILES string of the molecule is OC[C@H]1O[C@@H](OC=Cc2ccccc2)[C@H](O)[C@@H](O)[C@H]1O. The molecule has 6 nitrogen and oxygen atoms in total. The first kappa shape index (κ1) is 15.0. The first-order chi connectivity index (χ1) is 9.63. The first-order valence-electron chi connectivity index (χ1n) is 6.31. The molecule has 1 aliphatic rings. The van der Waals surface area contributed by atoms with Crippen molar-refractivity contribution in [3.8, 4) is 0 Å². The number of aliphatic hydroxyl groups excluding tert-OH is 4. The molecular formula is C14H18O6. The molecule has 0 unspecified atom stereocenters. The molecule has 1 fully saturated rings. The molecule has 0 aromatic heterocycles. The molecule has 1 aliphatic heterocycles. The van der Waals surface area contributed by atoms with Crippen molar-refractivity contribution in [3.63, 3.8) is 0 Å². The summed E-state index contributed by atoms with van der Waals surface area (Å²) in [6.07, 6.45) is -3.32. The van der Waals surface area contributed by atoms with Crippen molar-refractivity contribution in [3.05, 3.63) is 42.2 Å². The van der Waals surface area contributed by atoms with E-state index in [1.165, 1.54) is 6.26 Å². The Morgan fingerprint density at radius 1 is 1.05 bits per heavy atom. The van der Waals surface area contributed by atoms with Crippen LogP contribution in [0.4, 0.5) is 0 Å². The Morgan fingerprint density at radius 3 is 2.40 bits per heavy atom. The molecule has 0 saturated carbocycles. The van der Waals surface area contributed by atoms with E-state index in [0.29, 0.717) is 0 Å². The van der Waals surface area contributed by atoms with Crippen LogP contribution in [0.25, 0.3) is 6.08 Å². The Kier molecular flexibility index (Phi) is 5.11. The largest absolute Gasteiger partial charge is 0.470 e. The van der Waals surface area contributed by atoms with Crippen LogP contribution in [0.2, 0.25) is 0 Å². The van der Waals surface area contributed by atoms with E-state index in [0.717, 1.165) is 5.56 Å². The molecule has 5 atom stereocenters. The lowest BCUT2D eigenvalue weighted by Gasteiger charge is -2.39. The third-order valence-electron chi connectivity index (χ3n) is 3.12. The Hall–Kier alpha value is -1.44. The van der Waals surface area contributed by atoms with Gasteiger partial charge in [-0.05, 0) is 11.6 Å². The maximum absolute atomic E-state index is 9.74. The second-order valence-corrected chi connectivity index (χ2v) is 4.55. The van der Waals surface area contributed by atoms with Crippen LogP contribution in [0.15, 0.2) is 36.6 Å². The monoisotopic (exact) mass is 282 g/mol. The van der Waals surface area contributed by atoms with Gasteiger partial charge in [-0.25, -0.2) is 0 Å². The van der Waals surface area contributed by atoms with Crippen molar-refractivity contribution in [2.75, 3.05) is 6.61 Å². The van der Waals surface area contributed by atoms with Crippen molar-refractivity contribution in [1.82, 2.24) is 0 Å². The van der Waals surface area contributed by atoms with Crippen molar-refractivity contribution >= 4 is 6.08 Å². The topological polar surface area (TPSA) is 99.4 Å². The van der Waals surface area contributed by atoms with Crippen LogP contribution in [0.3, 0.4) is 0 Å². The van der Waals surface area contributed by atoms with Gasteiger partial charge in [-0.2, -0.15) is 0 Å². The quantitative estimate of drug-likeness (QED) is 0.554. The van der Waals surface area contributed by atoms with Crippen LogP contribution < -0.4 is 0 Å². The summed E-state index contributed by atoms with van der Waals surface area (Å²) < 4.78 is 10.4. The van der Waals surface area contributed by atoms with Gasteiger partial charge in [0.05, 0.1) is 12.9 Å². The maximum Gasteiger partial charge on any atom is 0.228 e. The van der Waals surface area contributed by atoms with Crippen molar-refractivity contribution < 1.29 is 29.9 Å². The first-order valence-corrected chi connectivity index (χ1v) is 6.31. The molecule has 0 bridgehead atoms. The molecule has 1 heterocycles. The normalized spacial score (nSPS) is 34.3. The van der Waals surface area contributed by atoms with E-state index in [1.807, 2.05) is 30.3 Å². The lowest BCUT2D eigenvalue weighted by molar-refractivity contribution is -0.287. The minimum Gasteiger partial charge on any atom is -0.470 e. The summed E-state index contributed by atoms with van der Waals surface area (Å²) in [4.78, 5) is 0. The minimum absolute atomic E-state index is 0.479. The summed E-state index contributed by atoms with van der Waals surface area (Å²) in [6, 6.07) is 9.36. The highest BCUT2D eigenvalue weighted by Gasteiger charge is 2.44. The lowest BCUT2D eigenvalue weighted by Crippen LogP contribution is -2.58. The van der Waals surface area contributed by atoms with Crippen LogP contribution in [0.5, 0.6) is 0 Å². The highest BCUT2D eigenvalue weighted by atomic mass is 16.7. The summed E-state index contributed by atoms with van der Waals surface area (Å²) in [5.74, 6) is 0. The van der Waals surface area contributed by atoms with Gasteiger partial charge in [0.2, 0.25) is 6.29 Å². The van der Waals surface area contributed by atoms with Crippen molar-refractivity contribution in [1.29, 1.82) is 0 Å². The molecule has 1 aromatic rings. The molecule has 20 heavy (non-hydrogen) atoms. The van der Waals surface area contributed by atoms with E-state index < -0.39 is 37.3 Å². The fraction of sp³-hybridized carbons (Fsp3) is 0.429. The van der Waals surface area contributed by atoms with Crippen LogP contribution >= 0.6 is 0 Å². The molecular weight excluding hydrogens is 264 g/mol. The fourth-order valence-corrected chi connectivity index (χ4v) is 1.94. The van der Waals surface area contributed by atoms with Gasteiger partial charge in [0.1, 0.15) is 24.4 Å². The van der Waals surface area contributed by atoms with Crippen LogP contribution in [-0.2, 0) is 9.47 Å². The van der Waals surface area contributed by atoms with E-state index in [9.17, 15) is 15.3 Å². The number of rotatable bonds is 4. The Bertz CT molecular complexity index is 433. The summed E-state index contributed by atoms with van der Waals surface area (Å²) in [6.45, 7) is -0.479. The molecule has 0 amide bonds. The number of hydrogen-bond donors (Lipinski definition) is 4. The van der Waals surface area contributed by atoms with E-state index in [1.54, 1.807) is 6.08 Å². The molecule has 6 heteroatoms. The molecule has 1 aromatic carbocycles. The van der Waals surface area contributed by atoms with Gasteiger partial charge in [-0.1, -0.05) is 30.3 Å². The Morgan fingerprint density at radius 2 is 1.75 bits per heavy atom. The van der Waals surface area contributed by atoms with Gasteiger partial charge >= 0.3 is 0 Å². The maximum atomic E-state index is 9.74. The zero-order valence-electron chi connectivity index (χ0n) is 10.7. The van der Waals surface area contributed by atoms with Crippen LogP contribution in [0, 0.1) is 0 Å². The van der Waals surface area contributed by atoms with Gasteiger partial charge in [0, 0.05) is 0 Å². The van der Waals surface area contributed by atoms with E-state index >= 15 is 0 Å². The highest BCUT2D eigenvalue weighted by molar-refractivity contribution is 5.47. The second-order valence-electron chi connectivity index (χ2n) is 4.55. The predicted octanol–water partition coefficient (Wildman–Crippen LogP) is -0.526. The van der Waals surface area contributed by atoms with Gasteiger partial charge in [-0.15, -0.1) is 0 Å². The molecule has 110 valence electrons. The lowest BCUT2D eigenvalue weighted by atomic mass is 9.99. The van der Waals surface area contributed by atoms with Crippen molar-refractivity contribution in [2.24, 2.45) is 0 Å². The third-order valence-corrected chi connectivity index (χ3v) is 3.12. The molecule has 1 saturated heterocycles. The Labute approximate surface area is 116 Å². The Balaban J connectivity index is 1.96. The standard InChI is InChI=1S/C14H18O6/c15-8-10-11(16)12(17)13(18)14(20-10)19-7-6-9-4-2-1-3-5-9/h1-7,10-18H,8H2/t10-,11+,12+,13-,14-/m1/s1. The fourth-order valence-electron chi connectivity index (χ4n) is 1.94. The van der Waals surface area contributed by atoms with Gasteiger partial charge in [0.25, 0.3) is 0 Å². The molecule has 2 rings (SSSR count). The third kappa shape index (κ3) is 3.36. The summed E-state index contributed by atoms with van der Waals surface area (Å²) in [7, 11) is 0. The molecule has 0 spiro atoms. The minimum atomic E-state index is -1.43. The average Bonchev–Trinajstić information content (AvgIpc) is 2.48. The molecule has 0 aliphatic carbocycles. The molecule has 4 N–H and O–H groups in total. The molecule has 0 radical (unpaired) electrons. The summed E-state index contributed by atoms with van der Waals surface area (Å²) in [5, 5.41) is 38.0. The smallest absolute Gasteiger partial charge is 0.228 e. The number of aliphatic hydroxyl groups is 4. The number of hydrogen-bond acceptors (Lipinski definition) is 6.